The Labute approximate surface area is 206 Å². The standard InChI is InChI=1S/C26H30N4O4S/c1-18-11-13-21(14-12-18)35(32,33)29-15-5-8-20(17-29)26(31)30-16-6-10-23(30)25-27-24(28-34-25)22-9-4-3-7-19(22)2/h3-4,7,9,11-14,20,23H,5-6,8,10,15-17H2,1-2H3/t20-,23+/m0/s1. The highest BCUT2D eigenvalue weighted by molar-refractivity contribution is 7.89. The molecule has 184 valence electrons. The number of carbonyl (C=O) groups excluding carboxylic acids is 1. The number of piperidine rings is 1. The number of aromatic nitrogens is 2. The van der Waals surface area contributed by atoms with E-state index in [4.69, 9.17) is 4.52 Å². The number of amides is 1. The van der Waals surface area contributed by atoms with Gasteiger partial charge in [-0.1, -0.05) is 47.1 Å². The van der Waals surface area contributed by atoms with Crippen molar-refractivity contribution in [2.24, 2.45) is 5.92 Å². The van der Waals surface area contributed by atoms with Gasteiger partial charge in [0.2, 0.25) is 27.6 Å². The molecule has 2 aromatic carbocycles. The Kier molecular flexibility index (Phi) is 6.46. The van der Waals surface area contributed by atoms with Crippen molar-refractivity contribution in [3.63, 3.8) is 0 Å². The van der Waals surface area contributed by atoms with Gasteiger partial charge >= 0.3 is 0 Å². The van der Waals surface area contributed by atoms with E-state index >= 15 is 0 Å². The second-order valence-corrected chi connectivity index (χ2v) is 11.4. The highest BCUT2D eigenvalue weighted by Gasteiger charge is 2.40. The first-order chi connectivity index (χ1) is 16.8. The van der Waals surface area contributed by atoms with Crippen LogP contribution < -0.4 is 0 Å². The van der Waals surface area contributed by atoms with Crippen LogP contribution in [0.25, 0.3) is 11.4 Å². The van der Waals surface area contributed by atoms with Crippen LogP contribution in [-0.4, -0.2) is 53.3 Å². The maximum atomic E-state index is 13.6. The first-order valence-electron chi connectivity index (χ1n) is 12.1. The van der Waals surface area contributed by atoms with Crippen molar-refractivity contribution >= 4 is 15.9 Å². The lowest BCUT2D eigenvalue weighted by atomic mass is 9.97. The molecule has 1 aromatic heterocycles. The summed E-state index contributed by atoms with van der Waals surface area (Å²) in [5.41, 5.74) is 2.96. The van der Waals surface area contributed by atoms with Gasteiger partial charge in [0, 0.05) is 25.2 Å². The van der Waals surface area contributed by atoms with Gasteiger partial charge in [-0.25, -0.2) is 8.42 Å². The maximum Gasteiger partial charge on any atom is 0.249 e. The number of rotatable bonds is 5. The number of aryl methyl sites for hydroxylation is 2. The number of likely N-dealkylation sites (tertiary alicyclic amines) is 1. The molecule has 3 aromatic rings. The zero-order chi connectivity index (χ0) is 24.6. The van der Waals surface area contributed by atoms with Gasteiger partial charge in [-0.2, -0.15) is 9.29 Å². The molecule has 2 aliphatic heterocycles. The lowest BCUT2D eigenvalue weighted by molar-refractivity contribution is -0.138. The smallest absolute Gasteiger partial charge is 0.249 e. The lowest BCUT2D eigenvalue weighted by Gasteiger charge is -2.34. The molecule has 0 unspecified atom stereocenters. The highest BCUT2D eigenvalue weighted by atomic mass is 32.2. The Morgan fingerprint density at radius 3 is 2.51 bits per heavy atom. The summed E-state index contributed by atoms with van der Waals surface area (Å²) in [6, 6.07) is 14.4. The number of benzene rings is 2. The number of hydrogen-bond acceptors (Lipinski definition) is 6. The molecular weight excluding hydrogens is 464 g/mol. The van der Waals surface area contributed by atoms with Crippen molar-refractivity contribution in [1.29, 1.82) is 0 Å². The molecule has 9 heteroatoms. The van der Waals surface area contributed by atoms with Crippen LogP contribution in [0.1, 0.15) is 48.7 Å². The van der Waals surface area contributed by atoms with Crippen LogP contribution >= 0.6 is 0 Å². The predicted molar refractivity (Wildman–Crippen MR) is 131 cm³/mol. The number of carbonyl (C=O) groups is 1. The van der Waals surface area contributed by atoms with Crippen molar-refractivity contribution in [3.8, 4) is 11.4 Å². The van der Waals surface area contributed by atoms with Crippen LogP contribution in [0.3, 0.4) is 0 Å². The molecule has 2 fully saturated rings. The van der Waals surface area contributed by atoms with E-state index in [1.807, 2.05) is 43.0 Å². The van der Waals surface area contributed by atoms with Gasteiger partial charge in [-0.3, -0.25) is 4.79 Å². The SMILES string of the molecule is Cc1ccc(S(=O)(=O)N2CCC[C@H](C(=O)N3CCC[C@@H]3c3nc(-c4ccccc4C)no3)C2)cc1. The van der Waals surface area contributed by atoms with Crippen LogP contribution in [0.15, 0.2) is 57.9 Å². The summed E-state index contributed by atoms with van der Waals surface area (Å²) < 4.78 is 33.5. The Morgan fingerprint density at radius 1 is 1.00 bits per heavy atom. The van der Waals surface area contributed by atoms with E-state index in [2.05, 4.69) is 10.1 Å². The number of nitrogens with zero attached hydrogens (tertiary/aromatic N) is 4. The number of sulfonamides is 1. The van der Waals surface area contributed by atoms with E-state index in [0.29, 0.717) is 37.6 Å². The fourth-order valence-electron chi connectivity index (χ4n) is 5.05. The minimum absolute atomic E-state index is 0.0352. The largest absolute Gasteiger partial charge is 0.337 e. The van der Waals surface area contributed by atoms with E-state index in [9.17, 15) is 13.2 Å². The average molecular weight is 495 g/mol. The molecule has 0 saturated carbocycles. The van der Waals surface area contributed by atoms with E-state index < -0.39 is 10.0 Å². The van der Waals surface area contributed by atoms with Crippen molar-refractivity contribution in [2.75, 3.05) is 19.6 Å². The molecule has 0 spiro atoms. The van der Waals surface area contributed by atoms with E-state index in [1.165, 1.54) is 4.31 Å². The Morgan fingerprint density at radius 2 is 1.74 bits per heavy atom. The molecule has 2 saturated heterocycles. The average Bonchev–Trinajstić information content (AvgIpc) is 3.54. The molecule has 2 aliphatic rings. The fraction of sp³-hybridized carbons (Fsp3) is 0.423. The molecular formula is C26H30N4O4S. The third-order valence-corrected chi connectivity index (χ3v) is 8.92. The second-order valence-electron chi connectivity index (χ2n) is 9.48. The van der Waals surface area contributed by atoms with Crippen LogP contribution in [0.4, 0.5) is 0 Å². The Balaban J connectivity index is 1.32. The van der Waals surface area contributed by atoms with Gasteiger partial charge in [-0.05, 0) is 57.2 Å². The predicted octanol–water partition coefficient (Wildman–Crippen LogP) is 4.12. The molecule has 3 heterocycles. The van der Waals surface area contributed by atoms with Gasteiger partial charge in [0.25, 0.3) is 0 Å². The molecule has 2 atom stereocenters. The second kappa shape index (κ2) is 9.54. The maximum absolute atomic E-state index is 13.6. The summed E-state index contributed by atoms with van der Waals surface area (Å²) in [5, 5.41) is 4.17. The molecule has 0 radical (unpaired) electrons. The minimum Gasteiger partial charge on any atom is -0.337 e. The van der Waals surface area contributed by atoms with Crippen molar-refractivity contribution in [1.82, 2.24) is 19.3 Å². The van der Waals surface area contributed by atoms with Gasteiger partial charge in [0.15, 0.2) is 0 Å². The van der Waals surface area contributed by atoms with E-state index in [1.54, 1.807) is 24.3 Å². The zero-order valence-corrected chi connectivity index (χ0v) is 20.9. The first kappa shape index (κ1) is 23.7. The van der Waals surface area contributed by atoms with Crippen molar-refractivity contribution < 1.29 is 17.7 Å². The summed E-state index contributed by atoms with van der Waals surface area (Å²) in [4.78, 5) is 20.3. The summed E-state index contributed by atoms with van der Waals surface area (Å²) in [5.74, 6) is 0.537. The Hall–Kier alpha value is -3.04. The lowest BCUT2D eigenvalue weighted by Crippen LogP contribution is -2.46. The number of hydrogen-bond donors (Lipinski definition) is 0. The van der Waals surface area contributed by atoms with E-state index in [-0.39, 0.29) is 29.3 Å². The van der Waals surface area contributed by atoms with E-state index in [0.717, 1.165) is 29.5 Å². The topological polar surface area (TPSA) is 96.6 Å². The molecule has 5 rings (SSSR count). The van der Waals surface area contributed by atoms with Gasteiger partial charge < -0.3 is 9.42 Å². The third-order valence-electron chi connectivity index (χ3n) is 7.04. The molecule has 0 N–H and O–H groups in total. The highest BCUT2D eigenvalue weighted by Crippen LogP contribution is 2.35. The van der Waals surface area contributed by atoms with Gasteiger partial charge in [0.1, 0.15) is 6.04 Å². The normalized spacial score (nSPS) is 21.4. The van der Waals surface area contributed by atoms with Crippen LogP contribution in [0, 0.1) is 19.8 Å². The minimum atomic E-state index is -3.64. The van der Waals surface area contributed by atoms with Crippen LogP contribution in [0.5, 0.6) is 0 Å². The van der Waals surface area contributed by atoms with Crippen LogP contribution in [-0.2, 0) is 14.8 Å². The monoisotopic (exact) mass is 494 g/mol. The fourth-order valence-corrected chi connectivity index (χ4v) is 6.57. The zero-order valence-electron chi connectivity index (χ0n) is 20.1. The van der Waals surface area contributed by atoms with Gasteiger partial charge in [0.05, 0.1) is 10.8 Å². The molecule has 35 heavy (non-hydrogen) atoms. The van der Waals surface area contributed by atoms with Crippen LogP contribution in [0.2, 0.25) is 0 Å². The van der Waals surface area contributed by atoms with Crippen molar-refractivity contribution in [2.45, 2.75) is 50.5 Å². The first-order valence-corrected chi connectivity index (χ1v) is 13.6. The van der Waals surface area contributed by atoms with Gasteiger partial charge in [-0.15, -0.1) is 0 Å². The summed E-state index contributed by atoms with van der Waals surface area (Å²) in [6.45, 7) is 5.14. The molecule has 1 amide bonds. The van der Waals surface area contributed by atoms with Crippen molar-refractivity contribution in [3.05, 3.63) is 65.5 Å². The molecule has 8 nitrogen and oxygen atoms in total. The third kappa shape index (κ3) is 4.62. The summed E-state index contributed by atoms with van der Waals surface area (Å²) in [6.07, 6.45) is 2.91. The summed E-state index contributed by atoms with van der Waals surface area (Å²) >= 11 is 0. The quantitative estimate of drug-likeness (QED) is 0.529. The summed E-state index contributed by atoms with van der Waals surface area (Å²) in [7, 11) is -3.64. The molecule has 0 bridgehead atoms. The Bertz CT molecular complexity index is 1320. The molecule has 0 aliphatic carbocycles.